The molecule has 0 saturated heterocycles. The van der Waals surface area contributed by atoms with E-state index in [-0.39, 0.29) is 18.4 Å². The van der Waals surface area contributed by atoms with Crippen LogP contribution in [0, 0.1) is 0 Å². The minimum atomic E-state index is -0.322. The summed E-state index contributed by atoms with van der Waals surface area (Å²) in [5.41, 5.74) is 3.41. The van der Waals surface area contributed by atoms with E-state index in [9.17, 15) is 9.59 Å². The summed E-state index contributed by atoms with van der Waals surface area (Å²) in [7, 11) is 3.07. The number of anilines is 1. The molecule has 172 valence electrons. The van der Waals surface area contributed by atoms with Crippen LogP contribution in [-0.4, -0.2) is 42.4 Å². The Morgan fingerprint density at radius 1 is 1.06 bits per heavy atom. The van der Waals surface area contributed by atoms with Crippen molar-refractivity contribution in [1.82, 2.24) is 15.1 Å². The van der Waals surface area contributed by atoms with Gasteiger partial charge in [0.05, 0.1) is 19.9 Å². The van der Waals surface area contributed by atoms with Crippen molar-refractivity contribution in [2.24, 2.45) is 0 Å². The summed E-state index contributed by atoms with van der Waals surface area (Å²) in [6.45, 7) is 0.564. The van der Waals surface area contributed by atoms with Gasteiger partial charge in [0.2, 0.25) is 5.91 Å². The molecule has 0 aliphatic carbocycles. The van der Waals surface area contributed by atoms with Crippen LogP contribution in [0.2, 0.25) is 0 Å². The monoisotopic (exact) mass is 466 g/mol. The highest BCUT2D eigenvalue weighted by Crippen LogP contribution is 2.35. The third-order valence-corrected chi connectivity index (χ3v) is 6.31. The van der Waals surface area contributed by atoms with Crippen LogP contribution in [0.4, 0.5) is 5.82 Å². The van der Waals surface area contributed by atoms with Crippen molar-refractivity contribution in [2.75, 3.05) is 26.1 Å². The van der Waals surface area contributed by atoms with E-state index in [0.717, 1.165) is 34.7 Å². The molecule has 2 N–H and O–H groups in total. The van der Waals surface area contributed by atoms with Crippen molar-refractivity contribution in [2.45, 2.75) is 24.5 Å². The minimum Gasteiger partial charge on any atom is -0.497 e. The fourth-order valence-electron chi connectivity index (χ4n) is 3.62. The zero-order valence-electron chi connectivity index (χ0n) is 18.6. The number of carbonyl (C=O) groups is 2. The summed E-state index contributed by atoms with van der Waals surface area (Å²) in [4.78, 5) is 25.6. The summed E-state index contributed by atoms with van der Waals surface area (Å²) in [5.74, 6) is 2.62. The van der Waals surface area contributed by atoms with Gasteiger partial charge in [-0.3, -0.25) is 9.59 Å². The molecule has 8 nitrogen and oxygen atoms in total. The summed E-state index contributed by atoms with van der Waals surface area (Å²) < 4.78 is 12.1. The van der Waals surface area contributed by atoms with Gasteiger partial charge in [0.25, 0.3) is 5.91 Å². The number of fused-ring (bicyclic) bond motifs is 1. The van der Waals surface area contributed by atoms with Crippen LogP contribution in [0.15, 0.2) is 48.5 Å². The molecular weight excluding hydrogens is 440 g/mol. The minimum absolute atomic E-state index is 0.0313. The van der Waals surface area contributed by atoms with Crippen molar-refractivity contribution >= 4 is 29.4 Å². The quantitative estimate of drug-likeness (QED) is 0.503. The van der Waals surface area contributed by atoms with Gasteiger partial charge in [-0.15, -0.1) is 0 Å². The number of benzene rings is 2. The first-order valence-electron chi connectivity index (χ1n) is 10.6. The number of ether oxygens (including phenoxy) is 2. The van der Waals surface area contributed by atoms with Gasteiger partial charge in [0, 0.05) is 35.2 Å². The number of amides is 2. The van der Waals surface area contributed by atoms with Crippen LogP contribution in [0.5, 0.6) is 11.5 Å². The molecule has 1 aromatic heterocycles. The molecular formula is C24H26N4O4S. The third-order valence-electron chi connectivity index (χ3n) is 5.34. The molecule has 9 heteroatoms. The van der Waals surface area contributed by atoms with Gasteiger partial charge in [0.15, 0.2) is 0 Å². The fourth-order valence-corrected chi connectivity index (χ4v) is 4.66. The van der Waals surface area contributed by atoms with Crippen LogP contribution in [-0.2, 0) is 29.3 Å². The number of nitrogens with zero attached hydrogens (tertiary/aromatic N) is 2. The summed E-state index contributed by atoms with van der Waals surface area (Å²) in [6.07, 6.45) is 0.750. The van der Waals surface area contributed by atoms with Gasteiger partial charge in [-0.2, -0.15) is 16.9 Å². The number of hydrogen-bond acceptors (Lipinski definition) is 6. The van der Waals surface area contributed by atoms with E-state index < -0.39 is 0 Å². The number of nitrogens with one attached hydrogen (secondary N) is 2. The molecule has 2 heterocycles. The molecule has 0 radical (unpaired) electrons. The third kappa shape index (κ3) is 5.48. The second-order valence-corrected chi connectivity index (χ2v) is 8.55. The lowest BCUT2D eigenvalue weighted by Gasteiger charge is -2.13. The first kappa shape index (κ1) is 22.7. The Kier molecular flexibility index (Phi) is 7.19. The van der Waals surface area contributed by atoms with Gasteiger partial charge >= 0.3 is 0 Å². The van der Waals surface area contributed by atoms with Gasteiger partial charge in [-0.05, 0) is 24.1 Å². The second-order valence-electron chi connectivity index (χ2n) is 7.57. The Balaban J connectivity index is 1.46. The van der Waals surface area contributed by atoms with Crippen LogP contribution in [0.25, 0.3) is 0 Å². The van der Waals surface area contributed by atoms with Crippen LogP contribution in [0.1, 0.15) is 27.2 Å². The normalized spacial score (nSPS) is 12.2. The van der Waals surface area contributed by atoms with E-state index in [2.05, 4.69) is 15.7 Å². The number of hydrogen-bond donors (Lipinski definition) is 2. The zero-order valence-corrected chi connectivity index (χ0v) is 19.4. The molecule has 0 fully saturated rings. The standard InChI is InChI=1S/C24H26N4O4S/c1-31-18-10-17(11-19(12-18)32-2)24(30)26-23-20-14-33-15-21(20)27-28(23)13-22(29)25-9-8-16-6-4-3-5-7-16/h3-7,10-12H,8-9,13-15H2,1-2H3,(H,25,29)(H,26,30). The molecule has 0 saturated carbocycles. The van der Waals surface area contributed by atoms with Gasteiger partial charge in [-0.1, -0.05) is 30.3 Å². The number of carbonyl (C=O) groups excluding carboxylic acids is 2. The van der Waals surface area contributed by atoms with E-state index in [0.29, 0.717) is 29.4 Å². The van der Waals surface area contributed by atoms with E-state index >= 15 is 0 Å². The SMILES string of the molecule is COc1cc(OC)cc(C(=O)Nc2c3c(nn2CC(=O)NCCc2ccccc2)CSC3)c1. The van der Waals surface area contributed by atoms with Crippen LogP contribution >= 0.6 is 11.8 Å². The highest BCUT2D eigenvalue weighted by molar-refractivity contribution is 7.98. The number of aromatic nitrogens is 2. The molecule has 2 aromatic carbocycles. The molecule has 4 rings (SSSR count). The van der Waals surface area contributed by atoms with Gasteiger partial charge in [-0.25, -0.2) is 4.68 Å². The van der Waals surface area contributed by atoms with E-state index in [4.69, 9.17) is 9.47 Å². The van der Waals surface area contributed by atoms with Crippen molar-refractivity contribution in [3.63, 3.8) is 0 Å². The molecule has 0 atom stereocenters. The van der Waals surface area contributed by atoms with E-state index in [1.54, 1.807) is 34.6 Å². The highest BCUT2D eigenvalue weighted by Gasteiger charge is 2.25. The van der Waals surface area contributed by atoms with Gasteiger partial charge < -0.3 is 20.1 Å². The molecule has 33 heavy (non-hydrogen) atoms. The predicted octanol–water partition coefficient (Wildman–Crippen LogP) is 3.26. The van der Waals surface area contributed by atoms with Crippen molar-refractivity contribution in [3.8, 4) is 11.5 Å². The lowest BCUT2D eigenvalue weighted by Crippen LogP contribution is -2.30. The predicted molar refractivity (Wildman–Crippen MR) is 128 cm³/mol. The van der Waals surface area contributed by atoms with Crippen LogP contribution < -0.4 is 20.1 Å². The summed E-state index contributed by atoms with van der Waals surface area (Å²) >= 11 is 1.73. The van der Waals surface area contributed by atoms with Crippen LogP contribution in [0.3, 0.4) is 0 Å². The smallest absolute Gasteiger partial charge is 0.257 e. The lowest BCUT2D eigenvalue weighted by atomic mass is 10.1. The average molecular weight is 467 g/mol. The molecule has 1 aliphatic heterocycles. The Morgan fingerprint density at radius 2 is 1.79 bits per heavy atom. The first-order valence-corrected chi connectivity index (χ1v) is 11.7. The van der Waals surface area contributed by atoms with Crippen molar-refractivity contribution < 1.29 is 19.1 Å². The lowest BCUT2D eigenvalue weighted by molar-refractivity contribution is -0.121. The Hall–Kier alpha value is -3.46. The topological polar surface area (TPSA) is 94.5 Å². The number of rotatable bonds is 9. The average Bonchev–Trinajstić information content (AvgIpc) is 3.41. The molecule has 3 aromatic rings. The van der Waals surface area contributed by atoms with E-state index in [1.807, 2.05) is 30.3 Å². The highest BCUT2D eigenvalue weighted by atomic mass is 32.2. The molecule has 0 spiro atoms. The summed E-state index contributed by atoms with van der Waals surface area (Å²) in [5, 5.41) is 10.5. The maximum absolute atomic E-state index is 13.0. The zero-order chi connectivity index (χ0) is 23.2. The number of thioether (sulfide) groups is 1. The van der Waals surface area contributed by atoms with Crippen molar-refractivity contribution in [1.29, 1.82) is 0 Å². The molecule has 1 aliphatic rings. The Labute approximate surface area is 196 Å². The summed E-state index contributed by atoms with van der Waals surface area (Å²) in [6, 6.07) is 15.0. The number of methoxy groups -OCH3 is 2. The molecule has 2 amide bonds. The molecule has 0 bridgehead atoms. The van der Waals surface area contributed by atoms with Gasteiger partial charge in [0.1, 0.15) is 23.9 Å². The maximum Gasteiger partial charge on any atom is 0.257 e. The first-order chi connectivity index (χ1) is 16.1. The Morgan fingerprint density at radius 3 is 2.48 bits per heavy atom. The largest absolute Gasteiger partial charge is 0.497 e. The van der Waals surface area contributed by atoms with E-state index in [1.165, 1.54) is 14.2 Å². The Bertz CT molecular complexity index is 1120. The van der Waals surface area contributed by atoms with Crippen molar-refractivity contribution in [3.05, 3.63) is 70.9 Å². The second kappa shape index (κ2) is 10.4. The fraction of sp³-hybridized carbons (Fsp3) is 0.292. The maximum atomic E-state index is 13.0. The molecule has 0 unspecified atom stereocenters.